The van der Waals surface area contributed by atoms with E-state index in [2.05, 4.69) is 37.0 Å². The number of nitrogens with zero attached hydrogens (tertiary/aromatic N) is 2. The average Bonchev–Trinajstić information content (AvgIpc) is 3.26. The Morgan fingerprint density at radius 3 is 1.97 bits per heavy atom. The molecule has 2 heterocycles. The zero-order valence-corrected chi connectivity index (χ0v) is 18.3. The summed E-state index contributed by atoms with van der Waals surface area (Å²) in [5, 5.41) is 8.07. The highest BCUT2D eigenvalue weighted by atomic mass is 79.9. The molecule has 31 heavy (non-hydrogen) atoms. The molecule has 2 amide bonds. The lowest BCUT2D eigenvalue weighted by Gasteiger charge is -2.27. The van der Waals surface area contributed by atoms with Crippen molar-refractivity contribution < 1.29 is 19.1 Å². The zero-order chi connectivity index (χ0) is 22.1. The fourth-order valence-electron chi connectivity index (χ4n) is 3.91. The minimum absolute atomic E-state index is 0.264. The fraction of sp³-hybridized carbons (Fsp3) is 0.227. The Labute approximate surface area is 186 Å². The summed E-state index contributed by atoms with van der Waals surface area (Å²) in [5.41, 5.74) is 7.34. The second kappa shape index (κ2) is 8.43. The molecule has 0 aliphatic carbocycles. The number of nitrogens with one attached hydrogen (secondary N) is 2. The molecular formula is C22H19BrN4O4. The lowest BCUT2D eigenvalue weighted by molar-refractivity contribution is -0.125. The first kappa shape index (κ1) is 20.9. The largest absolute Gasteiger partial charge is 0.423 e. The van der Waals surface area contributed by atoms with Crippen LogP contribution in [0.25, 0.3) is 0 Å². The first-order valence-corrected chi connectivity index (χ1v) is 10.4. The van der Waals surface area contributed by atoms with Crippen molar-refractivity contribution in [1.29, 1.82) is 0 Å². The summed E-state index contributed by atoms with van der Waals surface area (Å²) in [4.78, 5) is 37.5. The second-order valence-electron chi connectivity index (χ2n) is 7.38. The van der Waals surface area contributed by atoms with E-state index in [0.29, 0.717) is 27.2 Å². The Morgan fingerprint density at radius 2 is 1.48 bits per heavy atom. The number of hydrogen-bond donors (Lipinski definition) is 2. The van der Waals surface area contributed by atoms with Gasteiger partial charge in [-0.2, -0.15) is 10.2 Å². The van der Waals surface area contributed by atoms with Gasteiger partial charge in [0.05, 0.1) is 17.4 Å². The smallest absolute Gasteiger partial charge is 0.344 e. The van der Waals surface area contributed by atoms with Gasteiger partial charge in [0, 0.05) is 21.8 Å². The lowest BCUT2D eigenvalue weighted by atomic mass is 9.73. The highest BCUT2D eigenvalue weighted by Crippen LogP contribution is 2.38. The van der Waals surface area contributed by atoms with Gasteiger partial charge in [-0.25, -0.2) is 15.6 Å². The molecule has 9 heteroatoms. The van der Waals surface area contributed by atoms with E-state index in [4.69, 9.17) is 4.74 Å². The Morgan fingerprint density at radius 1 is 0.935 bits per heavy atom. The third-order valence-corrected chi connectivity index (χ3v) is 6.13. The van der Waals surface area contributed by atoms with Crippen LogP contribution in [0.2, 0.25) is 0 Å². The molecule has 2 aromatic rings. The molecule has 2 atom stereocenters. The van der Waals surface area contributed by atoms with Crippen molar-refractivity contribution in [2.24, 2.45) is 22.0 Å². The van der Waals surface area contributed by atoms with Crippen molar-refractivity contribution in [3.63, 3.8) is 0 Å². The average molecular weight is 483 g/mol. The van der Waals surface area contributed by atoms with Crippen LogP contribution < -0.4 is 15.6 Å². The van der Waals surface area contributed by atoms with E-state index in [-0.39, 0.29) is 11.8 Å². The molecule has 0 fully saturated rings. The van der Waals surface area contributed by atoms with Crippen LogP contribution in [0.3, 0.4) is 0 Å². The Hall–Kier alpha value is -3.33. The van der Waals surface area contributed by atoms with Gasteiger partial charge in [0.15, 0.2) is 0 Å². The molecule has 2 aliphatic heterocycles. The number of hydrazone groups is 2. The molecule has 0 saturated heterocycles. The SMILES string of the molecule is CC1=NNC(=O)C1C(c1ccc(OC(=O)c2ccccc2Br)cc1)C1C(=O)NN=C1C. The first-order chi connectivity index (χ1) is 14.9. The topological polar surface area (TPSA) is 109 Å². The van der Waals surface area contributed by atoms with Gasteiger partial charge >= 0.3 is 5.97 Å². The monoisotopic (exact) mass is 482 g/mol. The van der Waals surface area contributed by atoms with E-state index in [0.717, 1.165) is 5.56 Å². The standard InChI is InChI=1S/C22H19BrN4O4/c1-11-17(20(28)26-24-11)19(18-12(2)25-27-21(18)29)13-7-9-14(10-8-13)31-22(30)15-5-3-4-6-16(15)23/h3-10,17-19H,1-2H3,(H,26,28)(H,27,29). The third-order valence-electron chi connectivity index (χ3n) is 5.44. The van der Waals surface area contributed by atoms with Crippen LogP contribution in [0.15, 0.2) is 63.2 Å². The zero-order valence-electron chi connectivity index (χ0n) is 16.8. The summed E-state index contributed by atoms with van der Waals surface area (Å²) in [6, 6.07) is 13.8. The van der Waals surface area contributed by atoms with E-state index in [1.807, 2.05) is 6.07 Å². The van der Waals surface area contributed by atoms with Crippen molar-refractivity contribution in [2.75, 3.05) is 0 Å². The molecule has 0 spiro atoms. The molecule has 2 aliphatic rings. The van der Waals surface area contributed by atoms with Crippen LogP contribution in [0.1, 0.15) is 35.7 Å². The molecule has 2 N–H and O–H groups in total. The fourth-order valence-corrected chi connectivity index (χ4v) is 4.36. The Kier molecular flexibility index (Phi) is 5.69. The highest BCUT2D eigenvalue weighted by molar-refractivity contribution is 9.10. The van der Waals surface area contributed by atoms with Crippen molar-refractivity contribution in [1.82, 2.24) is 10.9 Å². The number of carbonyl (C=O) groups excluding carboxylic acids is 3. The second-order valence-corrected chi connectivity index (χ2v) is 8.23. The maximum Gasteiger partial charge on any atom is 0.344 e. The van der Waals surface area contributed by atoms with Gasteiger partial charge in [0.25, 0.3) is 0 Å². The summed E-state index contributed by atoms with van der Waals surface area (Å²) in [6.45, 7) is 3.51. The normalized spacial score (nSPS) is 21.1. The van der Waals surface area contributed by atoms with Crippen LogP contribution >= 0.6 is 15.9 Å². The molecule has 8 nitrogen and oxygen atoms in total. The van der Waals surface area contributed by atoms with Gasteiger partial charge in [-0.15, -0.1) is 0 Å². The van der Waals surface area contributed by atoms with Crippen LogP contribution in [0, 0.1) is 11.8 Å². The van der Waals surface area contributed by atoms with Crippen molar-refractivity contribution in [3.05, 3.63) is 64.1 Å². The van der Waals surface area contributed by atoms with Crippen LogP contribution in [-0.2, 0) is 9.59 Å². The number of halogens is 1. The van der Waals surface area contributed by atoms with Gasteiger partial charge in [0.1, 0.15) is 5.75 Å². The summed E-state index contributed by atoms with van der Waals surface area (Å²) < 4.78 is 6.12. The third kappa shape index (κ3) is 4.00. The molecule has 2 unspecified atom stereocenters. The van der Waals surface area contributed by atoms with Crippen LogP contribution in [0.5, 0.6) is 5.75 Å². The predicted octanol–water partition coefficient (Wildman–Crippen LogP) is 3.00. The van der Waals surface area contributed by atoms with Gasteiger partial charge in [-0.3, -0.25) is 9.59 Å². The number of amides is 2. The van der Waals surface area contributed by atoms with E-state index in [1.54, 1.807) is 56.3 Å². The van der Waals surface area contributed by atoms with Gasteiger partial charge in [0.2, 0.25) is 11.8 Å². The van der Waals surface area contributed by atoms with Crippen LogP contribution in [0.4, 0.5) is 0 Å². The number of rotatable bonds is 5. The molecule has 0 aromatic heterocycles. The van der Waals surface area contributed by atoms with Crippen LogP contribution in [-0.4, -0.2) is 29.2 Å². The minimum atomic E-state index is -0.604. The molecule has 2 aromatic carbocycles. The Bertz CT molecular complexity index is 1090. The highest BCUT2D eigenvalue weighted by Gasteiger charge is 2.45. The van der Waals surface area contributed by atoms with Gasteiger partial charge in [-0.05, 0) is 59.6 Å². The van der Waals surface area contributed by atoms with E-state index in [9.17, 15) is 14.4 Å². The summed E-state index contributed by atoms with van der Waals surface area (Å²) in [6.07, 6.45) is 0. The maximum atomic E-state index is 12.5. The van der Waals surface area contributed by atoms with Gasteiger partial charge < -0.3 is 4.74 Å². The Balaban J connectivity index is 1.63. The van der Waals surface area contributed by atoms with E-state index < -0.39 is 23.7 Å². The predicted molar refractivity (Wildman–Crippen MR) is 118 cm³/mol. The summed E-state index contributed by atoms with van der Waals surface area (Å²) in [5.74, 6) is -2.37. The summed E-state index contributed by atoms with van der Waals surface area (Å²) in [7, 11) is 0. The van der Waals surface area contributed by atoms with E-state index >= 15 is 0 Å². The van der Waals surface area contributed by atoms with E-state index in [1.165, 1.54) is 0 Å². The van der Waals surface area contributed by atoms with Crippen molar-refractivity contribution in [2.45, 2.75) is 19.8 Å². The number of hydrogen-bond acceptors (Lipinski definition) is 6. The first-order valence-electron chi connectivity index (χ1n) is 9.61. The molecule has 4 rings (SSSR count). The minimum Gasteiger partial charge on any atom is -0.423 e. The summed E-state index contributed by atoms with van der Waals surface area (Å²) >= 11 is 3.34. The molecule has 0 radical (unpaired) electrons. The lowest BCUT2D eigenvalue weighted by Crippen LogP contribution is -2.38. The molecule has 0 saturated carbocycles. The van der Waals surface area contributed by atoms with Crippen molar-refractivity contribution in [3.8, 4) is 5.75 Å². The maximum absolute atomic E-state index is 12.5. The van der Waals surface area contributed by atoms with Gasteiger partial charge in [-0.1, -0.05) is 24.3 Å². The molecule has 0 bridgehead atoms. The molecule has 158 valence electrons. The molecular weight excluding hydrogens is 464 g/mol. The van der Waals surface area contributed by atoms with Crippen molar-refractivity contribution >= 4 is 45.1 Å². The number of carbonyl (C=O) groups is 3. The number of esters is 1. The number of ether oxygens (including phenoxy) is 1. The quantitative estimate of drug-likeness (QED) is 0.504. The number of benzene rings is 2.